The van der Waals surface area contributed by atoms with Crippen molar-refractivity contribution in [3.05, 3.63) is 11.6 Å². The van der Waals surface area contributed by atoms with Crippen molar-refractivity contribution >= 4 is 5.97 Å². The Balaban J connectivity index is 1.57. The lowest BCUT2D eigenvalue weighted by Gasteiger charge is -2.47. The molecule has 4 aliphatic rings. The Bertz CT molecular complexity index is 774. The molecular formula is C28H46O5. The number of ether oxygens (including phenoxy) is 3. The second-order valence-corrected chi connectivity index (χ2v) is 12.5. The highest BCUT2D eigenvalue weighted by atomic mass is 16.7. The molecule has 4 fully saturated rings. The third kappa shape index (κ3) is 4.43. The molecule has 188 valence electrons. The molecule has 0 spiro atoms. The van der Waals surface area contributed by atoms with Gasteiger partial charge in [-0.25, -0.2) is 4.79 Å². The normalized spacial score (nSPS) is 49.1. The molecule has 33 heavy (non-hydrogen) atoms. The summed E-state index contributed by atoms with van der Waals surface area (Å²) in [6.45, 7) is 17.4. The van der Waals surface area contributed by atoms with Gasteiger partial charge in [-0.1, -0.05) is 46.6 Å². The zero-order valence-electron chi connectivity index (χ0n) is 22.0. The number of hydrogen-bond donors (Lipinski definition) is 1. The molecule has 6 unspecified atom stereocenters. The molecule has 5 nitrogen and oxygen atoms in total. The van der Waals surface area contributed by atoms with Crippen LogP contribution >= 0.6 is 0 Å². The lowest BCUT2D eigenvalue weighted by atomic mass is 9.74. The number of carbonyl (C=O) groups excluding carboxylic acids is 1. The van der Waals surface area contributed by atoms with Gasteiger partial charge in [-0.05, 0) is 81.5 Å². The van der Waals surface area contributed by atoms with E-state index < -0.39 is 24.5 Å². The summed E-state index contributed by atoms with van der Waals surface area (Å²) < 4.78 is 19.0. The van der Waals surface area contributed by atoms with Crippen LogP contribution in [0.3, 0.4) is 0 Å². The highest BCUT2D eigenvalue weighted by Crippen LogP contribution is 2.71. The Hall–Kier alpha value is -0.910. The number of aliphatic hydroxyl groups excluding tert-OH is 1. The molecule has 1 N–H and O–H groups in total. The highest BCUT2D eigenvalue weighted by Gasteiger charge is 2.67. The molecule has 0 aromatic heterocycles. The molecule has 0 bridgehead atoms. The highest BCUT2D eigenvalue weighted by molar-refractivity contribution is 5.82. The van der Waals surface area contributed by atoms with Gasteiger partial charge in [0.25, 0.3) is 0 Å². The van der Waals surface area contributed by atoms with Crippen LogP contribution in [0.5, 0.6) is 0 Å². The number of allylic oxidation sites excluding steroid dienone is 1. The predicted octanol–water partition coefficient (Wildman–Crippen LogP) is 5.50. The summed E-state index contributed by atoms with van der Waals surface area (Å²) in [7, 11) is 0. The first kappa shape index (κ1) is 25.2. The Morgan fingerprint density at radius 3 is 2.48 bits per heavy atom. The SMILES string of the molecule is CC/C(C)=C/C(=O)OC1C(O[C@@]2(C)CC[C@@H]3[C@H]([C@@H]4C(C)CC[C@@H]42)C3(C)C)OC(C)C(C)C1O. The maximum absolute atomic E-state index is 12.6. The van der Waals surface area contributed by atoms with E-state index in [4.69, 9.17) is 14.2 Å². The number of carbonyl (C=O) groups is 1. The molecule has 0 aromatic rings. The second-order valence-electron chi connectivity index (χ2n) is 12.5. The Morgan fingerprint density at radius 1 is 1.12 bits per heavy atom. The fourth-order valence-electron chi connectivity index (χ4n) is 7.52. The van der Waals surface area contributed by atoms with Gasteiger partial charge in [0.05, 0.1) is 11.7 Å². The lowest BCUT2D eigenvalue weighted by Crippen LogP contribution is -2.58. The third-order valence-corrected chi connectivity index (χ3v) is 10.1. The maximum Gasteiger partial charge on any atom is 0.331 e. The van der Waals surface area contributed by atoms with Crippen molar-refractivity contribution in [2.45, 2.75) is 118 Å². The first-order chi connectivity index (χ1) is 15.4. The first-order valence-electron chi connectivity index (χ1n) is 13.3. The summed E-state index contributed by atoms with van der Waals surface area (Å²) in [6, 6.07) is 0. The van der Waals surface area contributed by atoms with Gasteiger partial charge in [0, 0.05) is 12.0 Å². The van der Waals surface area contributed by atoms with Crippen molar-refractivity contribution in [3.8, 4) is 0 Å². The van der Waals surface area contributed by atoms with Gasteiger partial charge >= 0.3 is 5.97 Å². The standard InChI is InChI=1S/C28H46O5/c1-9-15(2)14-21(29)32-25-24(30)17(4)18(5)31-26(25)33-28(8)13-12-20-23(27(20,6)7)22-16(3)10-11-19(22)28/h14,16-20,22-26,30H,9-13H2,1-8H3/b15-14+/t16?,17?,18?,19-,20+,22+,23+,24?,25?,26?,28-/m0/s1. The fraction of sp³-hybridized carbons (Fsp3) is 0.893. The van der Waals surface area contributed by atoms with Crippen LogP contribution in [0.4, 0.5) is 0 Å². The summed E-state index contributed by atoms with van der Waals surface area (Å²) in [5.41, 5.74) is 1.04. The van der Waals surface area contributed by atoms with E-state index in [-0.39, 0.29) is 17.6 Å². The van der Waals surface area contributed by atoms with Crippen molar-refractivity contribution in [1.82, 2.24) is 0 Å². The number of aliphatic hydroxyl groups is 1. The summed E-state index contributed by atoms with van der Waals surface area (Å²) in [6.07, 6.45) is 4.29. The predicted molar refractivity (Wildman–Crippen MR) is 128 cm³/mol. The summed E-state index contributed by atoms with van der Waals surface area (Å²) in [4.78, 5) is 12.6. The Morgan fingerprint density at radius 2 is 1.82 bits per heavy atom. The van der Waals surface area contributed by atoms with Crippen LogP contribution in [0.15, 0.2) is 11.6 Å². The molecule has 11 atom stereocenters. The largest absolute Gasteiger partial charge is 0.451 e. The zero-order valence-corrected chi connectivity index (χ0v) is 22.0. The average Bonchev–Trinajstić information content (AvgIpc) is 3.12. The Kier molecular flexibility index (Phi) is 6.83. The van der Waals surface area contributed by atoms with Gasteiger partial charge in [0.2, 0.25) is 0 Å². The molecule has 0 aromatic carbocycles. The molecule has 1 heterocycles. The molecule has 0 radical (unpaired) electrons. The van der Waals surface area contributed by atoms with Crippen molar-refractivity contribution in [2.24, 2.45) is 40.9 Å². The van der Waals surface area contributed by atoms with Crippen molar-refractivity contribution in [2.75, 3.05) is 0 Å². The fourth-order valence-corrected chi connectivity index (χ4v) is 7.52. The van der Waals surface area contributed by atoms with Crippen molar-refractivity contribution in [3.63, 3.8) is 0 Å². The van der Waals surface area contributed by atoms with Crippen LogP contribution in [0, 0.1) is 40.9 Å². The number of esters is 1. The lowest BCUT2D eigenvalue weighted by molar-refractivity contribution is -0.320. The van der Waals surface area contributed by atoms with E-state index in [1.165, 1.54) is 18.9 Å². The Labute approximate surface area is 200 Å². The van der Waals surface area contributed by atoms with E-state index in [1.54, 1.807) is 0 Å². The monoisotopic (exact) mass is 462 g/mol. The van der Waals surface area contributed by atoms with E-state index in [0.717, 1.165) is 36.7 Å². The van der Waals surface area contributed by atoms with Crippen LogP contribution in [0.1, 0.15) is 87.5 Å². The van der Waals surface area contributed by atoms with Crippen LogP contribution in [0.25, 0.3) is 0 Å². The minimum atomic E-state index is -0.826. The van der Waals surface area contributed by atoms with Gasteiger partial charge < -0.3 is 19.3 Å². The van der Waals surface area contributed by atoms with E-state index >= 15 is 0 Å². The second kappa shape index (κ2) is 8.95. The maximum atomic E-state index is 12.6. The minimum Gasteiger partial charge on any atom is -0.451 e. The van der Waals surface area contributed by atoms with Gasteiger partial charge in [-0.3, -0.25) is 0 Å². The van der Waals surface area contributed by atoms with Crippen LogP contribution < -0.4 is 0 Å². The van der Waals surface area contributed by atoms with E-state index in [9.17, 15) is 9.90 Å². The van der Waals surface area contributed by atoms with Crippen LogP contribution in [-0.4, -0.2) is 41.3 Å². The summed E-state index contributed by atoms with van der Waals surface area (Å²) >= 11 is 0. The molecule has 0 amide bonds. The smallest absolute Gasteiger partial charge is 0.331 e. The topological polar surface area (TPSA) is 65.0 Å². The van der Waals surface area contributed by atoms with E-state index in [0.29, 0.717) is 23.2 Å². The third-order valence-electron chi connectivity index (χ3n) is 10.1. The number of fused-ring (bicyclic) bond motifs is 3. The molecule has 3 aliphatic carbocycles. The van der Waals surface area contributed by atoms with Crippen LogP contribution in [0.2, 0.25) is 0 Å². The summed E-state index contributed by atoms with van der Waals surface area (Å²) in [5, 5.41) is 11.1. The molecule has 1 saturated heterocycles. The molecule has 1 aliphatic heterocycles. The van der Waals surface area contributed by atoms with Crippen molar-refractivity contribution < 1.29 is 24.1 Å². The number of hydrogen-bond acceptors (Lipinski definition) is 5. The number of rotatable bonds is 5. The molecule has 4 rings (SSSR count). The van der Waals surface area contributed by atoms with Gasteiger partial charge in [-0.15, -0.1) is 0 Å². The molecule has 5 heteroatoms. The quantitative estimate of drug-likeness (QED) is 0.432. The minimum absolute atomic E-state index is 0.145. The zero-order chi connectivity index (χ0) is 24.3. The van der Waals surface area contributed by atoms with Gasteiger partial charge in [0.15, 0.2) is 12.4 Å². The van der Waals surface area contributed by atoms with E-state index in [1.807, 2.05) is 27.7 Å². The van der Waals surface area contributed by atoms with E-state index in [2.05, 4.69) is 27.7 Å². The molecular weight excluding hydrogens is 416 g/mol. The van der Waals surface area contributed by atoms with Crippen molar-refractivity contribution in [1.29, 1.82) is 0 Å². The van der Waals surface area contributed by atoms with Gasteiger partial charge in [0.1, 0.15) is 6.10 Å². The average molecular weight is 463 g/mol. The van der Waals surface area contributed by atoms with Crippen LogP contribution in [-0.2, 0) is 19.0 Å². The molecule has 3 saturated carbocycles. The summed E-state index contributed by atoms with van der Waals surface area (Å²) in [5.74, 6) is 2.81. The van der Waals surface area contributed by atoms with Gasteiger partial charge in [-0.2, -0.15) is 0 Å². The first-order valence-corrected chi connectivity index (χ1v) is 13.3.